The molecule has 0 aliphatic rings. The van der Waals surface area contributed by atoms with Crippen LogP contribution in [0.15, 0.2) is 42.5 Å². The topological polar surface area (TPSA) is 46.2 Å². The number of Topliss-reactive ketones (excluding diaryl/α,β-unsaturated/α-hetero) is 1. The van der Waals surface area contributed by atoms with E-state index in [9.17, 15) is 9.59 Å². The Morgan fingerprint density at radius 3 is 2.45 bits per heavy atom. The van der Waals surface area contributed by atoms with Gasteiger partial charge in [-0.1, -0.05) is 56.3 Å². The molecule has 2 aromatic carbocycles. The first-order valence-corrected chi connectivity index (χ1v) is 6.83. The molecule has 0 aliphatic heterocycles. The van der Waals surface area contributed by atoms with E-state index < -0.39 is 0 Å². The van der Waals surface area contributed by atoms with Gasteiger partial charge in [0.05, 0.1) is 13.0 Å². The molecule has 104 valence electrons. The third-order valence-electron chi connectivity index (χ3n) is 3.28. The molecule has 0 heterocycles. The van der Waals surface area contributed by atoms with Crippen molar-refractivity contribution in [3.8, 4) is 0 Å². The molecule has 0 bridgehead atoms. The van der Waals surface area contributed by atoms with Crippen LogP contribution in [0.25, 0.3) is 10.8 Å². The molecule has 0 aromatic heterocycles. The summed E-state index contributed by atoms with van der Waals surface area (Å²) in [5, 5.41) is 4.95. The van der Waals surface area contributed by atoms with Gasteiger partial charge in [-0.05, 0) is 16.3 Å². The largest absolute Gasteiger partial charge is 0.349 e. The standard InChI is InChI=1S/C17H19NO2/c1-12(2)16(19)11-18-17(20)10-13-7-8-14-5-3-4-6-15(14)9-13/h3-9,12H,10-11H2,1-2H3,(H,18,20). The minimum absolute atomic E-state index is 0.0454. The van der Waals surface area contributed by atoms with Crippen molar-refractivity contribution in [1.29, 1.82) is 0 Å². The van der Waals surface area contributed by atoms with Gasteiger partial charge < -0.3 is 5.32 Å². The number of hydrogen-bond donors (Lipinski definition) is 1. The molecule has 0 saturated heterocycles. The zero-order valence-corrected chi connectivity index (χ0v) is 11.8. The van der Waals surface area contributed by atoms with E-state index in [1.807, 2.05) is 56.3 Å². The maximum Gasteiger partial charge on any atom is 0.224 e. The van der Waals surface area contributed by atoms with Crippen LogP contribution in [-0.4, -0.2) is 18.2 Å². The highest BCUT2D eigenvalue weighted by Crippen LogP contribution is 2.15. The van der Waals surface area contributed by atoms with Gasteiger partial charge in [-0.2, -0.15) is 0 Å². The number of carbonyl (C=O) groups is 2. The number of amides is 1. The van der Waals surface area contributed by atoms with Gasteiger partial charge >= 0.3 is 0 Å². The van der Waals surface area contributed by atoms with Gasteiger partial charge in [-0.15, -0.1) is 0 Å². The first kappa shape index (κ1) is 14.3. The maximum absolute atomic E-state index is 11.8. The van der Waals surface area contributed by atoms with Crippen LogP contribution in [0.2, 0.25) is 0 Å². The third kappa shape index (κ3) is 3.67. The van der Waals surface area contributed by atoms with Crippen molar-refractivity contribution in [3.05, 3.63) is 48.0 Å². The Hall–Kier alpha value is -2.16. The van der Waals surface area contributed by atoms with Crippen LogP contribution in [0.5, 0.6) is 0 Å². The zero-order chi connectivity index (χ0) is 14.5. The van der Waals surface area contributed by atoms with Gasteiger partial charge in [0.25, 0.3) is 0 Å². The van der Waals surface area contributed by atoms with Crippen LogP contribution in [0, 0.1) is 5.92 Å². The third-order valence-corrected chi connectivity index (χ3v) is 3.28. The number of hydrogen-bond acceptors (Lipinski definition) is 2. The van der Waals surface area contributed by atoms with E-state index in [1.54, 1.807) is 0 Å². The van der Waals surface area contributed by atoms with Crippen molar-refractivity contribution >= 4 is 22.5 Å². The maximum atomic E-state index is 11.8. The van der Waals surface area contributed by atoms with Gasteiger partial charge in [0, 0.05) is 5.92 Å². The number of carbonyl (C=O) groups excluding carboxylic acids is 2. The van der Waals surface area contributed by atoms with Crippen LogP contribution < -0.4 is 5.32 Å². The lowest BCUT2D eigenvalue weighted by Gasteiger charge is -2.07. The van der Waals surface area contributed by atoms with E-state index in [1.165, 1.54) is 0 Å². The van der Waals surface area contributed by atoms with Crippen molar-refractivity contribution in [3.63, 3.8) is 0 Å². The second kappa shape index (κ2) is 6.33. The average molecular weight is 269 g/mol. The van der Waals surface area contributed by atoms with Gasteiger partial charge in [0.1, 0.15) is 0 Å². The molecule has 0 unspecified atom stereocenters. The van der Waals surface area contributed by atoms with Crippen LogP contribution in [0.4, 0.5) is 0 Å². The van der Waals surface area contributed by atoms with Crippen molar-refractivity contribution < 1.29 is 9.59 Å². The number of benzene rings is 2. The molecule has 0 aliphatic carbocycles. The summed E-state index contributed by atoms with van der Waals surface area (Å²) in [5.41, 5.74) is 0.957. The van der Waals surface area contributed by atoms with Crippen molar-refractivity contribution in [1.82, 2.24) is 5.32 Å². The van der Waals surface area contributed by atoms with E-state index in [4.69, 9.17) is 0 Å². The summed E-state index contributed by atoms with van der Waals surface area (Å²) in [7, 11) is 0. The van der Waals surface area contributed by atoms with E-state index in [0.717, 1.165) is 16.3 Å². The fraction of sp³-hybridized carbons (Fsp3) is 0.294. The summed E-state index contributed by atoms with van der Waals surface area (Å²) >= 11 is 0. The highest BCUT2D eigenvalue weighted by atomic mass is 16.2. The van der Waals surface area contributed by atoms with Crippen LogP contribution in [-0.2, 0) is 16.0 Å². The molecule has 0 radical (unpaired) electrons. The van der Waals surface area contributed by atoms with Crippen LogP contribution in [0.3, 0.4) is 0 Å². The predicted molar refractivity (Wildman–Crippen MR) is 80.5 cm³/mol. The molecule has 0 atom stereocenters. The SMILES string of the molecule is CC(C)C(=O)CNC(=O)Cc1ccc2ccccc2c1. The highest BCUT2D eigenvalue weighted by molar-refractivity contribution is 5.89. The van der Waals surface area contributed by atoms with Crippen LogP contribution in [0.1, 0.15) is 19.4 Å². The monoisotopic (exact) mass is 269 g/mol. The lowest BCUT2D eigenvalue weighted by molar-refractivity contribution is -0.126. The molecule has 0 saturated carbocycles. The summed E-state index contributed by atoms with van der Waals surface area (Å²) in [6, 6.07) is 14.0. The summed E-state index contributed by atoms with van der Waals surface area (Å²) in [6.45, 7) is 3.78. The molecule has 20 heavy (non-hydrogen) atoms. The fourth-order valence-corrected chi connectivity index (χ4v) is 1.99. The predicted octanol–water partition coefficient (Wildman–Crippen LogP) is 2.72. The average Bonchev–Trinajstić information content (AvgIpc) is 2.44. The molecule has 2 rings (SSSR count). The van der Waals surface area contributed by atoms with Gasteiger partial charge in [0.15, 0.2) is 5.78 Å². The molecule has 1 N–H and O–H groups in total. The lowest BCUT2D eigenvalue weighted by Crippen LogP contribution is -2.32. The Morgan fingerprint density at radius 1 is 1.05 bits per heavy atom. The minimum atomic E-state index is -0.116. The van der Waals surface area contributed by atoms with E-state index in [-0.39, 0.29) is 24.2 Å². The summed E-state index contributed by atoms with van der Waals surface area (Å²) in [4.78, 5) is 23.3. The molecule has 1 amide bonds. The number of ketones is 1. The van der Waals surface area contributed by atoms with Gasteiger partial charge in [-0.25, -0.2) is 0 Å². The number of nitrogens with one attached hydrogen (secondary N) is 1. The Kier molecular flexibility index (Phi) is 4.51. The van der Waals surface area contributed by atoms with Crippen molar-refractivity contribution in [2.24, 2.45) is 5.92 Å². The molecule has 0 spiro atoms. The Bertz CT molecular complexity index is 632. The van der Waals surface area contributed by atoms with Crippen molar-refractivity contribution in [2.45, 2.75) is 20.3 Å². The summed E-state index contributed by atoms with van der Waals surface area (Å²) < 4.78 is 0. The Morgan fingerprint density at radius 2 is 1.75 bits per heavy atom. The smallest absolute Gasteiger partial charge is 0.224 e. The quantitative estimate of drug-likeness (QED) is 0.907. The van der Waals surface area contributed by atoms with Crippen LogP contribution >= 0.6 is 0 Å². The number of rotatable bonds is 5. The normalized spacial score (nSPS) is 10.8. The highest BCUT2D eigenvalue weighted by Gasteiger charge is 2.09. The first-order chi connectivity index (χ1) is 9.56. The molecular weight excluding hydrogens is 250 g/mol. The fourth-order valence-electron chi connectivity index (χ4n) is 1.99. The zero-order valence-electron chi connectivity index (χ0n) is 11.8. The summed E-state index contributed by atoms with van der Waals surface area (Å²) in [6.07, 6.45) is 0.302. The van der Waals surface area contributed by atoms with Gasteiger partial charge in [-0.3, -0.25) is 9.59 Å². The second-order valence-corrected chi connectivity index (χ2v) is 5.26. The molecule has 2 aromatic rings. The molecule has 0 fully saturated rings. The second-order valence-electron chi connectivity index (χ2n) is 5.26. The molecule has 3 nitrogen and oxygen atoms in total. The summed E-state index contributed by atoms with van der Waals surface area (Å²) in [5.74, 6) is -0.109. The van der Waals surface area contributed by atoms with Gasteiger partial charge in [0.2, 0.25) is 5.91 Å². The van der Waals surface area contributed by atoms with Crippen molar-refractivity contribution in [2.75, 3.05) is 6.54 Å². The Balaban J connectivity index is 1.97. The lowest BCUT2D eigenvalue weighted by atomic mass is 10.0. The first-order valence-electron chi connectivity index (χ1n) is 6.83. The molecule has 3 heteroatoms. The van der Waals surface area contributed by atoms with E-state index in [2.05, 4.69) is 5.32 Å². The Labute approximate surface area is 119 Å². The van der Waals surface area contributed by atoms with E-state index in [0.29, 0.717) is 6.42 Å². The molecular formula is C17H19NO2. The minimum Gasteiger partial charge on any atom is -0.349 e. The number of fused-ring (bicyclic) bond motifs is 1. The van der Waals surface area contributed by atoms with E-state index >= 15 is 0 Å².